The van der Waals surface area contributed by atoms with E-state index in [1.807, 2.05) is 53.5 Å². The first kappa shape index (κ1) is 47.0. The molecule has 17 nitrogen and oxygen atoms in total. The van der Waals surface area contributed by atoms with Gasteiger partial charge in [0.25, 0.3) is 0 Å². The zero-order valence-electron chi connectivity index (χ0n) is 40.3. The molecule has 364 valence electrons. The molecule has 1 saturated heterocycles. The molecule has 9 aromatic rings. The third-order valence-electron chi connectivity index (χ3n) is 13.9. The van der Waals surface area contributed by atoms with Gasteiger partial charge < -0.3 is 22.5 Å². The number of benzene rings is 3. The lowest BCUT2D eigenvalue weighted by atomic mass is 10.0. The Balaban J connectivity index is 0.000000123. The Labute approximate surface area is 410 Å². The maximum atomic E-state index is 15.3. The van der Waals surface area contributed by atoms with Crippen molar-refractivity contribution in [3.05, 3.63) is 142 Å². The molecule has 1 aliphatic heterocycles. The molecular formula is C53H59FN16O. The zero-order valence-corrected chi connectivity index (χ0v) is 40.3. The molecular weight excluding hydrogens is 896 g/mol. The number of alkyl halides is 1. The van der Waals surface area contributed by atoms with Gasteiger partial charge >= 0.3 is 0 Å². The molecule has 7 heterocycles. The zero-order chi connectivity index (χ0) is 49.2. The van der Waals surface area contributed by atoms with Gasteiger partial charge in [-0.3, -0.25) is 4.79 Å². The standard InChI is InChI=1S/C18H20FN5.C18H21N5.C17H18N6O/c1-11-5-4-6-12(9-11)15(19)16-14-17(20)21-10-22-18(14)24(23-16)13-7-2-3-8-13;1-12-5-4-6-13(9-12)10-15-16-17(19)20-11-21-18(16)23(22-15)14-7-2-3-8-14;1-10-2-4-11(5-3-10)15(24)14-13-16(18)20-9-21-17(13)23(22-14)12-6-7-19-8-12/h4-6,9-10,13,15H,2-3,7-8H2,1H3,(H2,20,21,22);4-6,9,11,14H,2-3,7-8,10H2,1H3,(H2,19,20,21);2-5,9,12,19H,6-8H2,1H3,(H2,18,20,21). The van der Waals surface area contributed by atoms with Crippen LogP contribution >= 0.6 is 0 Å². The van der Waals surface area contributed by atoms with Crippen molar-refractivity contribution in [3.63, 3.8) is 0 Å². The minimum Gasteiger partial charge on any atom is -0.383 e. The van der Waals surface area contributed by atoms with E-state index in [1.54, 1.807) is 24.5 Å². The number of ketones is 1. The highest BCUT2D eigenvalue weighted by Crippen LogP contribution is 2.38. The molecule has 3 aliphatic rings. The van der Waals surface area contributed by atoms with E-state index in [4.69, 9.17) is 22.3 Å². The predicted molar refractivity (Wildman–Crippen MR) is 273 cm³/mol. The number of nitrogens with one attached hydrogen (secondary N) is 1. The van der Waals surface area contributed by atoms with Gasteiger partial charge in [-0.2, -0.15) is 15.3 Å². The second-order valence-electron chi connectivity index (χ2n) is 19.0. The summed E-state index contributed by atoms with van der Waals surface area (Å²) < 4.78 is 21.0. The van der Waals surface area contributed by atoms with Gasteiger partial charge in [-0.15, -0.1) is 0 Å². The quantitative estimate of drug-likeness (QED) is 0.0990. The molecule has 0 bridgehead atoms. The van der Waals surface area contributed by atoms with Gasteiger partial charge in [0.1, 0.15) is 47.8 Å². The molecule has 18 heteroatoms. The van der Waals surface area contributed by atoms with E-state index >= 15 is 4.39 Å². The number of halogens is 1. The highest BCUT2D eigenvalue weighted by atomic mass is 19.1. The van der Waals surface area contributed by atoms with Crippen molar-refractivity contribution in [1.29, 1.82) is 0 Å². The summed E-state index contributed by atoms with van der Waals surface area (Å²) in [6.07, 6.45) is 14.0. The number of hydrogen-bond donors (Lipinski definition) is 4. The van der Waals surface area contributed by atoms with Gasteiger partial charge in [-0.1, -0.05) is 115 Å². The fraction of sp³-hybridized carbons (Fsp3) is 0.358. The molecule has 2 atom stereocenters. The summed E-state index contributed by atoms with van der Waals surface area (Å²) in [4.78, 5) is 38.4. The molecule has 71 heavy (non-hydrogen) atoms. The molecule has 2 unspecified atom stereocenters. The fourth-order valence-corrected chi connectivity index (χ4v) is 10.3. The third kappa shape index (κ3) is 9.63. The summed E-state index contributed by atoms with van der Waals surface area (Å²) in [6.45, 7) is 7.77. The van der Waals surface area contributed by atoms with E-state index in [0.717, 1.165) is 66.6 Å². The highest BCUT2D eigenvalue weighted by Gasteiger charge is 2.30. The van der Waals surface area contributed by atoms with Crippen LogP contribution in [0, 0.1) is 20.8 Å². The first-order chi connectivity index (χ1) is 34.5. The van der Waals surface area contributed by atoms with E-state index in [9.17, 15) is 4.79 Å². The minimum atomic E-state index is -1.34. The number of carbonyl (C=O) groups excluding carboxylic acids is 1. The van der Waals surface area contributed by atoms with Crippen LogP contribution in [-0.2, 0) is 6.42 Å². The molecule has 6 aromatic heterocycles. The van der Waals surface area contributed by atoms with Gasteiger partial charge in [-0.25, -0.2) is 48.3 Å². The predicted octanol–water partition coefficient (Wildman–Crippen LogP) is 8.80. The Bertz CT molecular complexity index is 3340. The van der Waals surface area contributed by atoms with Crippen molar-refractivity contribution in [3.8, 4) is 0 Å². The van der Waals surface area contributed by atoms with Gasteiger partial charge in [0.05, 0.1) is 40.0 Å². The average Bonchev–Trinajstić information content (AvgIpc) is 4.24. The van der Waals surface area contributed by atoms with Gasteiger partial charge in [0, 0.05) is 18.5 Å². The first-order valence-corrected chi connectivity index (χ1v) is 24.6. The number of nitrogens with zero attached hydrogens (tertiary/aromatic N) is 12. The molecule has 2 saturated carbocycles. The van der Waals surface area contributed by atoms with E-state index in [2.05, 4.69) is 81.3 Å². The van der Waals surface area contributed by atoms with Gasteiger partial charge in [-0.05, 0) is 70.5 Å². The summed E-state index contributed by atoms with van der Waals surface area (Å²) >= 11 is 0. The fourth-order valence-electron chi connectivity index (χ4n) is 10.3. The van der Waals surface area contributed by atoms with Crippen LogP contribution in [0.2, 0.25) is 0 Å². The number of nitrogens with two attached hydrogens (primary N) is 3. The second-order valence-corrected chi connectivity index (χ2v) is 19.0. The monoisotopic (exact) mass is 955 g/mol. The van der Waals surface area contributed by atoms with Crippen LogP contribution in [0.25, 0.3) is 33.1 Å². The Morgan fingerprint density at radius 2 is 1.17 bits per heavy atom. The number of rotatable bonds is 9. The Kier molecular flexibility index (Phi) is 13.4. The second kappa shape index (κ2) is 20.3. The Morgan fingerprint density at radius 1 is 0.620 bits per heavy atom. The van der Waals surface area contributed by atoms with Gasteiger partial charge in [0.15, 0.2) is 23.1 Å². The van der Waals surface area contributed by atoms with Crippen LogP contribution in [-0.4, -0.2) is 78.1 Å². The molecule has 3 fully saturated rings. The molecule has 12 rings (SSSR count). The van der Waals surface area contributed by atoms with Gasteiger partial charge in [0.2, 0.25) is 5.78 Å². The molecule has 2 aliphatic carbocycles. The number of aryl methyl sites for hydroxylation is 3. The number of aromatic nitrogens is 12. The van der Waals surface area contributed by atoms with Crippen LogP contribution in [0.1, 0.15) is 137 Å². The molecule has 0 spiro atoms. The lowest BCUT2D eigenvalue weighted by Crippen LogP contribution is -2.15. The maximum absolute atomic E-state index is 15.3. The van der Waals surface area contributed by atoms with E-state index in [1.165, 1.54) is 62.3 Å². The molecule has 0 amide bonds. The van der Waals surface area contributed by atoms with Crippen LogP contribution in [0.5, 0.6) is 0 Å². The topological polar surface area (TPSA) is 238 Å². The van der Waals surface area contributed by atoms with Crippen LogP contribution in [0.4, 0.5) is 21.8 Å². The molecule has 7 N–H and O–H groups in total. The van der Waals surface area contributed by atoms with Crippen LogP contribution in [0.3, 0.4) is 0 Å². The van der Waals surface area contributed by atoms with Crippen molar-refractivity contribution in [2.45, 2.75) is 109 Å². The van der Waals surface area contributed by atoms with Crippen molar-refractivity contribution < 1.29 is 9.18 Å². The van der Waals surface area contributed by atoms with Crippen LogP contribution < -0.4 is 22.5 Å². The van der Waals surface area contributed by atoms with Crippen molar-refractivity contribution in [1.82, 2.24) is 64.6 Å². The lowest BCUT2D eigenvalue weighted by Gasteiger charge is -2.10. The molecule has 0 radical (unpaired) electrons. The van der Waals surface area contributed by atoms with E-state index in [0.29, 0.717) is 56.4 Å². The number of fused-ring (bicyclic) bond motifs is 3. The summed E-state index contributed by atoms with van der Waals surface area (Å²) in [6, 6.07) is 24.2. The highest BCUT2D eigenvalue weighted by molar-refractivity contribution is 6.16. The normalized spacial score (nSPS) is 16.6. The summed E-state index contributed by atoms with van der Waals surface area (Å²) in [7, 11) is 0. The summed E-state index contributed by atoms with van der Waals surface area (Å²) in [5.74, 6) is 0.940. The van der Waals surface area contributed by atoms with Crippen molar-refractivity contribution in [2.75, 3.05) is 30.3 Å². The Hall–Kier alpha value is -7.73. The maximum Gasteiger partial charge on any atom is 0.214 e. The Morgan fingerprint density at radius 3 is 1.77 bits per heavy atom. The number of anilines is 3. The number of nitrogen functional groups attached to an aromatic ring is 3. The summed E-state index contributed by atoms with van der Waals surface area (Å²) in [5, 5.41) is 19.4. The van der Waals surface area contributed by atoms with Crippen molar-refractivity contribution in [2.24, 2.45) is 0 Å². The molecule has 3 aromatic carbocycles. The largest absolute Gasteiger partial charge is 0.383 e. The third-order valence-corrected chi connectivity index (χ3v) is 13.9. The SMILES string of the molecule is Cc1ccc(C(=O)c2nn(C3CCNC3)c3ncnc(N)c23)cc1.Cc1cccc(C(F)c2nn(C3CCCC3)c3ncnc(N)c23)c1.Cc1cccc(Cc2nn(C3CCCC3)c3ncnc(N)c23)c1. The van der Waals surface area contributed by atoms with E-state index in [-0.39, 0.29) is 29.5 Å². The number of carbonyl (C=O) groups is 1. The minimum absolute atomic E-state index is 0.161. The smallest absolute Gasteiger partial charge is 0.214 e. The van der Waals surface area contributed by atoms with E-state index < -0.39 is 6.17 Å². The first-order valence-electron chi connectivity index (χ1n) is 24.6. The van der Waals surface area contributed by atoms with Crippen molar-refractivity contribution >= 4 is 56.3 Å². The van der Waals surface area contributed by atoms with Crippen LogP contribution in [0.15, 0.2) is 91.8 Å². The number of hydrogen-bond acceptors (Lipinski definition) is 14. The lowest BCUT2D eigenvalue weighted by molar-refractivity contribution is 0.103. The summed E-state index contributed by atoms with van der Waals surface area (Å²) in [5.41, 5.74) is 27.8. The average molecular weight is 955 g/mol.